The SMILES string of the molecule is CCCCCCC(CN)C(C)C(N)SCC(=O)c1ccc(C(C)C)cc1. The summed E-state index contributed by atoms with van der Waals surface area (Å²) in [7, 11) is 0. The number of rotatable bonds is 13. The fraction of sp³-hybridized carbons (Fsp3) is 0.682. The Morgan fingerprint density at radius 3 is 2.27 bits per heavy atom. The van der Waals surface area contributed by atoms with Crippen molar-refractivity contribution in [2.45, 2.75) is 71.1 Å². The number of carbonyl (C=O) groups is 1. The van der Waals surface area contributed by atoms with E-state index in [1.54, 1.807) is 11.8 Å². The van der Waals surface area contributed by atoms with Crippen LogP contribution < -0.4 is 11.5 Å². The third kappa shape index (κ3) is 7.81. The highest BCUT2D eigenvalue weighted by atomic mass is 32.2. The average molecular weight is 379 g/mol. The molecule has 0 aliphatic carbocycles. The quantitative estimate of drug-likeness (QED) is 0.281. The number of unbranched alkanes of at least 4 members (excludes halogenated alkanes) is 3. The minimum atomic E-state index is -0.0476. The van der Waals surface area contributed by atoms with E-state index in [9.17, 15) is 4.79 Å². The van der Waals surface area contributed by atoms with Crippen LogP contribution >= 0.6 is 11.8 Å². The summed E-state index contributed by atoms with van der Waals surface area (Å²) in [6, 6.07) is 7.96. The van der Waals surface area contributed by atoms with Gasteiger partial charge in [0.1, 0.15) is 0 Å². The smallest absolute Gasteiger partial charge is 0.172 e. The second-order valence-electron chi connectivity index (χ2n) is 7.68. The van der Waals surface area contributed by atoms with Gasteiger partial charge in [-0.15, -0.1) is 11.8 Å². The molecule has 0 amide bonds. The Morgan fingerprint density at radius 1 is 1.08 bits per heavy atom. The van der Waals surface area contributed by atoms with Gasteiger partial charge >= 0.3 is 0 Å². The van der Waals surface area contributed by atoms with Crippen LogP contribution in [0.2, 0.25) is 0 Å². The second kappa shape index (κ2) is 12.5. The minimum absolute atomic E-state index is 0.0476. The third-order valence-electron chi connectivity index (χ3n) is 5.30. The zero-order chi connectivity index (χ0) is 19.5. The van der Waals surface area contributed by atoms with Crippen LogP contribution in [0.15, 0.2) is 24.3 Å². The maximum Gasteiger partial charge on any atom is 0.172 e. The largest absolute Gasteiger partial charge is 0.330 e. The topological polar surface area (TPSA) is 69.1 Å². The monoisotopic (exact) mass is 378 g/mol. The van der Waals surface area contributed by atoms with Crippen molar-refractivity contribution in [3.8, 4) is 0 Å². The molecule has 4 N–H and O–H groups in total. The molecule has 0 bridgehead atoms. The fourth-order valence-electron chi connectivity index (χ4n) is 3.16. The average Bonchev–Trinajstić information content (AvgIpc) is 2.65. The summed E-state index contributed by atoms with van der Waals surface area (Å²) < 4.78 is 0. The van der Waals surface area contributed by atoms with Crippen LogP contribution in [0.25, 0.3) is 0 Å². The number of hydrogen-bond acceptors (Lipinski definition) is 4. The molecule has 0 heterocycles. The van der Waals surface area contributed by atoms with Crippen LogP contribution in [0.1, 0.15) is 81.6 Å². The van der Waals surface area contributed by atoms with E-state index in [2.05, 4.69) is 27.7 Å². The van der Waals surface area contributed by atoms with Crippen LogP contribution in [0, 0.1) is 11.8 Å². The molecular formula is C22H38N2OS. The van der Waals surface area contributed by atoms with Crippen molar-refractivity contribution in [3.63, 3.8) is 0 Å². The van der Waals surface area contributed by atoms with E-state index in [0.717, 1.165) is 12.0 Å². The molecular weight excluding hydrogens is 340 g/mol. The van der Waals surface area contributed by atoms with E-state index < -0.39 is 0 Å². The molecule has 0 radical (unpaired) electrons. The Balaban J connectivity index is 2.47. The molecule has 0 aliphatic rings. The fourth-order valence-corrected chi connectivity index (χ4v) is 4.19. The van der Waals surface area contributed by atoms with Crippen LogP contribution in [0.4, 0.5) is 0 Å². The molecule has 0 saturated carbocycles. The van der Waals surface area contributed by atoms with Gasteiger partial charge in [-0.3, -0.25) is 4.79 Å². The lowest BCUT2D eigenvalue weighted by Gasteiger charge is -2.27. The van der Waals surface area contributed by atoms with E-state index in [-0.39, 0.29) is 11.2 Å². The molecule has 26 heavy (non-hydrogen) atoms. The standard InChI is InChI=1S/C22H38N2OS/c1-5-6-7-8-9-20(14-23)17(4)22(24)26-15-21(25)19-12-10-18(11-13-19)16(2)3/h10-13,16-17,20,22H,5-9,14-15,23-24H2,1-4H3. The van der Waals surface area contributed by atoms with E-state index >= 15 is 0 Å². The first-order chi connectivity index (χ1) is 12.4. The summed E-state index contributed by atoms with van der Waals surface area (Å²) >= 11 is 1.56. The number of nitrogens with two attached hydrogens (primary N) is 2. The van der Waals surface area contributed by atoms with E-state index in [4.69, 9.17) is 11.5 Å². The summed E-state index contributed by atoms with van der Waals surface area (Å²) in [6.45, 7) is 9.39. The molecule has 0 saturated heterocycles. The zero-order valence-corrected chi connectivity index (χ0v) is 17.9. The minimum Gasteiger partial charge on any atom is -0.330 e. The normalized spacial score (nSPS) is 15.0. The maximum absolute atomic E-state index is 12.4. The lowest BCUT2D eigenvalue weighted by atomic mass is 9.89. The molecule has 3 nitrogen and oxygen atoms in total. The highest BCUT2D eigenvalue weighted by molar-refractivity contribution is 8.00. The highest BCUT2D eigenvalue weighted by Crippen LogP contribution is 2.26. The molecule has 0 fully saturated rings. The van der Waals surface area contributed by atoms with Crippen molar-refractivity contribution in [3.05, 3.63) is 35.4 Å². The summed E-state index contributed by atoms with van der Waals surface area (Å²) in [5, 5.41) is -0.0476. The van der Waals surface area contributed by atoms with Gasteiger partial charge in [0.25, 0.3) is 0 Å². The molecule has 148 valence electrons. The van der Waals surface area contributed by atoms with Crippen molar-refractivity contribution in [1.82, 2.24) is 0 Å². The zero-order valence-electron chi connectivity index (χ0n) is 17.0. The van der Waals surface area contributed by atoms with Gasteiger partial charge in [-0.25, -0.2) is 0 Å². The Kier molecular flexibility index (Phi) is 11.2. The first kappa shape index (κ1) is 23.2. The van der Waals surface area contributed by atoms with Crippen molar-refractivity contribution in [2.24, 2.45) is 23.3 Å². The lowest BCUT2D eigenvalue weighted by Crippen LogP contribution is -2.35. The van der Waals surface area contributed by atoms with Gasteiger partial charge < -0.3 is 11.5 Å². The van der Waals surface area contributed by atoms with Crippen molar-refractivity contribution < 1.29 is 4.79 Å². The van der Waals surface area contributed by atoms with Crippen molar-refractivity contribution in [2.75, 3.05) is 12.3 Å². The predicted molar refractivity (Wildman–Crippen MR) is 116 cm³/mol. The Labute approximate surface area is 164 Å². The summed E-state index contributed by atoms with van der Waals surface area (Å²) in [6.07, 6.45) is 6.16. The summed E-state index contributed by atoms with van der Waals surface area (Å²) in [4.78, 5) is 12.4. The van der Waals surface area contributed by atoms with Gasteiger partial charge in [-0.1, -0.05) is 77.6 Å². The van der Waals surface area contributed by atoms with Crippen molar-refractivity contribution >= 4 is 17.5 Å². The third-order valence-corrected chi connectivity index (χ3v) is 6.54. The van der Waals surface area contributed by atoms with Gasteiger partial charge in [-0.05, 0) is 36.3 Å². The molecule has 1 aromatic rings. The number of ketones is 1. The van der Waals surface area contributed by atoms with Crippen molar-refractivity contribution in [1.29, 1.82) is 0 Å². The first-order valence-corrected chi connectivity index (χ1v) is 11.2. The molecule has 3 atom stereocenters. The van der Waals surface area contributed by atoms with E-state index in [1.165, 1.54) is 31.2 Å². The first-order valence-electron chi connectivity index (χ1n) is 10.1. The number of benzene rings is 1. The lowest BCUT2D eigenvalue weighted by molar-refractivity contribution is 0.102. The van der Waals surface area contributed by atoms with Crippen LogP contribution in [-0.4, -0.2) is 23.5 Å². The van der Waals surface area contributed by atoms with Gasteiger partial charge in [0.05, 0.1) is 11.1 Å². The Hall–Kier alpha value is -0.840. The molecule has 0 aliphatic heterocycles. The van der Waals surface area contributed by atoms with Crippen LogP contribution in [0.5, 0.6) is 0 Å². The van der Waals surface area contributed by atoms with Gasteiger partial charge in [0.2, 0.25) is 0 Å². The highest BCUT2D eigenvalue weighted by Gasteiger charge is 2.23. The van der Waals surface area contributed by atoms with Crippen LogP contribution in [-0.2, 0) is 0 Å². The molecule has 3 unspecified atom stereocenters. The predicted octanol–water partition coefficient (Wildman–Crippen LogP) is 5.19. The molecule has 4 heteroatoms. The Morgan fingerprint density at radius 2 is 1.73 bits per heavy atom. The van der Waals surface area contributed by atoms with E-state index in [0.29, 0.717) is 30.1 Å². The Bertz CT molecular complexity index is 515. The van der Waals surface area contributed by atoms with E-state index in [1.807, 2.05) is 24.3 Å². The number of Topliss-reactive ketones (excluding diaryl/α,β-unsaturated/α-hetero) is 1. The summed E-state index contributed by atoms with van der Waals surface area (Å²) in [5.74, 6) is 1.82. The van der Waals surface area contributed by atoms with Gasteiger partial charge in [-0.2, -0.15) is 0 Å². The van der Waals surface area contributed by atoms with Gasteiger partial charge in [0.15, 0.2) is 5.78 Å². The molecule has 1 rings (SSSR count). The number of hydrogen-bond donors (Lipinski definition) is 2. The maximum atomic E-state index is 12.4. The molecule has 1 aromatic carbocycles. The number of thioether (sulfide) groups is 1. The molecule has 0 aromatic heterocycles. The number of carbonyl (C=O) groups excluding carboxylic acids is 1. The molecule has 0 spiro atoms. The summed E-state index contributed by atoms with van der Waals surface area (Å²) in [5.41, 5.74) is 14.4. The second-order valence-corrected chi connectivity index (χ2v) is 8.85. The van der Waals surface area contributed by atoms with Gasteiger partial charge in [0, 0.05) is 5.56 Å². The van der Waals surface area contributed by atoms with Crippen LogP contribution in [0.3, 0.4) is 0 Å².